The highest BCUT2D eigenvalue weighted by atomic mass is 35.5. The molecule has 0 saturated heterocycles. The van der Waals surface area contributed by atoms with E-state index >= 15 is 0 Å². The van der Waals surface area contributed by atoms with Crippen molar-refractivity contribution in [1.82, 2.24) is 0 Å². The molecule has 0 saturated carbocycles. The third-order valence-electron chi connectivity index (χ3n) is 2.86. The minimum absolute atomic E-state index is 0.278. The number of carbonyl (C=O) groups excluding carboxylic acids is 2. The summed E-state index contributed by atoms with van der Waals surface area (Å²) in [6, 6.07) is 11.9. The quantitative estimate of drug-likeness (QED) is 0.787. The monoisotopic (exact) mass is 367 g/mol. The van der Waals surface area contributed by atoms with E-state index in [4.69, 9.17) is 32.7 Å². The Bertz CT molecular complexity index is 729. The zero-order valence-electron chi connectivity index (χ0n) is 12.8. The Kier molecular flexibility index (Phi) is 6.46. The lowest BCUT2D eigenvalue weighted by Crippen LogP contribution is -2.23. The van der Waals surface area contributed by atoms with Gasteiger partial charge in [0.05, 0.1) is 0 Å². The first-order valence-corrected chi connectivity index (χ1v) is 7.79. The third-order valence-corrected chi connectivity index (χ3v) is 3.29. The van der Waals surface area contributed by atoms with Gasteiger partial charge in [0, 0.05) is 15.7 Å². The zero-order valence-corrected chi connectivity index (χ0v) is 14.4. The molecule has 0 heterocycles. The van der Waals surface area contributed by atoms with Crippen LogP contribution in [0, 0.1) is 6.92 Å². The van der Waals surface area contributed by atoms with E-state index in [0.29, 0.717) is 21.5 Å². The van der Waals surface area contributed by atoms with Gasteiger partial charge < -0.3 is 14.8 Å². The molecule has 126 valence electrons. The number of aryl methyl sites for hydroxylation is 1. The van der Waals surface area contributed by atoms with E-state index in [-0.39, 0.29) is 6.61 Å². The van der Waals surface area contributed by atoms with E-state index in [1.807, 2.05) is 19.1 Å². The molecule has 2 aromatic rings. The summed E-state index contributed by atoms with van der Waals surface area (Å²) in [5.74, 6) is -0.585. The van der Waals surface area contributed by atoms with Crippen molar-refractivity contribution >= 4 is 40.8 Å². The van der Waals surface area contributed by atoms with Gasteiger partial charge in [-0.2, -0.15) is 0 Å². The molecule has 5 nitrogen and oxygen atoms in total. The Labute approximate surface area is 149 Å². The molecule has 0 aliphatic carbocycles. The van der Waals surface area contributed by atoms with Crippen LogP contribution in [0.3, 0.4) is 0 Å². The summed E-state index contributed by atoms with van der Waals surface area (Å²) in [6.07, 6.45) is 0. The van der Waals surface area contributed by atoms with Crippen LogP contribution >= 0.6 is 23.2 Å². The number of carbonyl (C=O) groups is 2. The van der Waals surface area contributed by atoms with Crippen LogP contribution in [-0.2, 0) is 14.3 Å². The second-order valence-corrected chi connectivity index (χ2v) is 5.85. The second kappa shape index (κ2) is 8.57. The second-order valence-electron chi connectivity index (χ2n) is 4.97. The largest absolute Gasteiger partial charge is 0.482 e. The number of anilines is 1. The maximum absolute atomic E-state index is 11.7. The number of hydrogen-bond donors (Lipinski definition) is 1. The number of hydrogen-bond acceptors (Lipinski definition) is 4. The summed E-state index contributed by atoms with van der Waals surface area (Å²) in [6.45, 7) is 1.21. The van der Waals surface area contributed by atoms with Crippen molar-refractivity contribution in [1.29, 1.82) is 0 Å². The Morgan fingerprint density at radius 1 is 1.04 bits per heavy atom. The number of esters is 1. The van der Waals surface area contributed by atoms with Gasteiger partial charge in [0.1, 0.15) is 5.75 Å². The summed E-state index contributed by atoms with van der Waals surface area (Å²) >= 11 is 11.7. The highest BCUT2D eigenvalue weighted by Crippen LogP contribution is 2.22. The molecule has 1 amide bonds. The fraction of sp³-hybridized carbons (Fsp3) is 0.176. The molecule has 0 aliphatic heterocycles. The number of benzene rings is 2. The van der Waals surface area contributed by atoms with Gasteiger partial charge in [0.25, 0.3) is 5.91 Å². The fourth-order valence-corrected chi connectivity index (χ4v) is 2.38. The lowest BCUT2D eigenvalue weighted by Gasteiger charge is -2.09. The first-order chi connectivity index (χ1) is 11.4. The van der Waals surface area contributed by atoms with Crippen LogP contribution in [0.5, 0.6) is 5.75 Å². The maximum Gasteiger partial charge on any atom is 0.344 e. The molecule has 0 radical (unpaired) electrons. The van der Waals surface area contributed by atoms with E-state index in [2.05, 4.69) is 5.32 Å². The first-order valence-electron chi connectivity index (χ1n) is 7.03. The predicted molar refractivity (Wildman–Crippen MR) is 92.7 cm³/mol. The van der Waals surface area contributed by atoms with Crippen LogP contribution in [-0.4, -0.2) is 25.1 Å². The van der Waals surface area contributed by atoms with E-state index in [0.717, 1.165) is 5.56 Å². The topological polar surface area (TPSA) is 64.6 Å². The lowest BCUT2D eigenvalue weighted by molar-refractivity contribution is -0.149. The van der Waals surface area contributed by atoms with Crippen LogP contribution in [0.25, 0.3) is 0 Å². The minimum atomic E-state index is -0.643. The molecule has 0 unspecified atom stereocenters. The molecule has 0 fully saturated rings. The van der Waals surface area contributed by atoms with Crippen molar-refractivity contribution in [2.45, 2.75) is 6.92 Å². The Morgan fingerprint density at radius 2 is 1.75 bits per heavy atom. The van der Waals surface area contributed by atoms with Crippen molar-refractivity contribution in [3.63, 3.8) is 0 Å². The first kappa shape index (κ1) is 18.1. The molecule has 0 aliphatic rings. The number of rotatable bonds is 6. The van der Waals surface area contributed by atoms with Crippen molar-refractivity contribution in [2.24, 2.45) is 0 Å². The van der Waals surface area contributed by atoms with Crippen molar-refractivity contribution in [3.8, 4) is 5.75 Å². The molecule has 7 heteroatoms. The Hall–Kier alpha value is -2.24. The predicted octanol–water partition coefficient (Wildman–Crippen LogP) is 3.86. The SMILES string of the molecule is Cc1cccc(OCC(=O)OCC(=O)Nc2cc(Cl)cc(Cl)c2)c1. The number of ether oxygens (including phenoxy) is 2. The third kappa shape index (κ3) is 6.10. The molecular formula is C17H15Cl2NO4. The van der Waals surface area contributed by atoms with Crippen LogP contribution in [0.1, 0.15) is 5.56 Å². The Balaban J connectivity index is 1.75. The van der Waals surface area contributed by atoms with E-state index in [1.54, 1.807) is 18.2 Å². The van der Waals surface area contributed by atoms with Crippen LogP contribution in [0.15, 0.2) is 42.5 Å². The van der Waals surface area contributed by atoms with Crippen molar-refractivity contribution in [3.05, 3.63) is 58.1 Å². The zero-order chi connectivity index (χ0) is 17.5. The van der Waals surface area contributed by atoms with Gasteiger partial charge in [-0.15, -0.1) is 0 Å². The molecule has 2 aromatic carbocycles. The van der Waals surface area contributed by atoms with Crippen LogP contribution < -0.4 is 10.1 Å². The van der Waals surface area contributed by atoms with Gasteiger partial charge in [0.15, 0.2) is 13.2 Å². The fourth-order valence-electron chi connectivity index (χ4n) is 1.86. The number of amides is 1. The van der Waals surface area contributed by atoms with Gasteiger partial charge in [-0.1, -0.05) is 35.3 Å². The van der Waals surface area contributed by atoms with Gasteiger partial charge in [0.2, 0.25) is 0 Å². The highest BCUT2D eigenvalue weighted by molar-refractivity contribution is 6.35. The summed E-state index contributed by atoms with van der Waals surface area (Å²) in [4.78, 5) is 23.3. The van der Waals surface area contributed by atoms with Gasteiger partial charge in [-0.25, -0.2) is 4.79 Å². The van der Waals surface area contributed by atoms with E-state index in [1.165, 1.54) is 12.1 Å². The molecule has 0 atom stereocenters. The number of nitrogens with one attached hydrogen (secondary N) is 1. The molecule has 0 spiro atoms. The average molecular weight is 368 g/mol. The molecule has 0 bridgehead atoms. The smallest absolute Gasteiger partial charge is 0.344 e. The minimum Gasteiger partial charge on any atom is -0.482 e. The average Bonchev–Trinajstić information content (AvgIpc) is 2.50. The summed E-state index contributed by atoms with van der Waals surface area (Å²) in [7, 11) is 0. The van der Waals surface area contributed by atoms with Crippen molar-refractivity contribution in [2.75, 3.05) is 18.5 Å². The van der Waals surface area contributed by atoms with Crippen molar-refractivity contribution < 1.29 is 19.1 Å². The van der Waals surface area contributed by atoms with Crippen LogP contribution in [0.4, 0.5) is 5.69 Å². The van der Waals surface area contributed by atoms with Gasteiger partial charge >= 0.3 is 5.97 Å². The van der Waals surface area contributed by atoms with E-state index < -0.39 is 18.5 Å². The Morgan fingerprint density at radius 3 is 2.42 bits per heavy atom. The lowest BCUT2D eigenvalue weighted by atomic mass is 10.2. The van der Waals surface area contributed by atoms with E-state index in [9.17, 15) is 9.59 Å². The molecule has 2 rings (SSSR count). The number of halogens is 2. The van der Waals surface area contributed by atoms with Gasteiger partial charge in [-0.05, 0) is 42.8 Å². The molecule has 1 N–H and O–H groups in total. The standard InChI is InChI=1S/C17H15Cl2NO4/c1-11-3-2-4-15(5-11)23-10-17(22)24-9-16(21)20-14-7-12(18)6-13(19)8-14/h2-8H,9-10H2,1H3,(H,20,21). The normalized spacial score (nSPS) is 10.1. The van der Waals surface area contributed by atoms with Gasteiger partial charge in [-0.3, -0.25) is 4.79 Å². The summed E-state index contributed by atoms with van der Waals surface area (Å²) < 4.78 is 10.1. The maximum atomic E-state index is 11.7. The molecular weight excluding hydrogens is 353 g/mol. The molecule has 24 heavy (non-hydrogen) atoms. The molecule has 0 aromatic heterocycles. The summed E-state index contributed by atoms with van der Waals surface area (Å²) in [5, 5.41) is 3.31. The summed E-state index contributed by atoms with van der Waals surface area (Å²) in [5.41, 5.74) is 1.44. The highest BCUT2D eigenvalue weighted by Gasteiger charge is 2.09. The van der Waals surface area contributed by atoms with Crippen LogP contribution in [0.2, 0.25) is 10.0 Å².